The van der Waals surface area contributed by atoms with Crippen molar-refractivity contribution in [1.29, 1.82) is 0 Å². The van der Waals surface area contributed by atoms with E-state index >= 15 is 0 Å². The summed E-state index contributed by atoms with van der Waals surface area (Å²) >= 11 is 5.92. The highest BCUT2D eigenvalue weighted by Gasteiger charge is 2.10. The maximum atomic E-state index is 12.4. The Bertz CT molecular complexity index is 1120. The molecule has 7 nitrogen and oxygen atoms in total. The fraction of sp³-hybridized carbons (Fsp3) is 0.200. The summed E-state index contributed by atoms with van der Waals surface area (Å²) in [6, 6.07) is 17.8. The van der Waals surface area contributed by atoms with E-state index in [9.17, 15) is 4.79 Å². The summed E-state index contributed by atoms with van der Waals surface area (Å²) in [4.78, 5) is 12.4. The van der Waals surface area contributed by atoms with E-state index in [1.165, 1.54) is 20.4 Å². The molecule has 0 saturated carbocycles. The number of hydrogen-bond acceptors (Lipinski definition) is 6. The van der Waals surface area contributed by atoms with Crippen LogP contribution in [0.25, 0.3) is 0 Å². The Balaban J connectivity index is 1.65. The average Bonchev–Trinajstić information content (AvgIpc) is 2.84. The number of hydrogen-bond donors (Lipinski definition) is 1. The van der Waals surface area contributed by atoms with E-state index in [2.05, 4.69) is 10.5 Å². The van der Waals surface area contributed by atoms with Crippen molar-refractivity contribution in [3.8, 4) is 23.0 Å². The van der Waals surface area contributed by atoms with Gasteiger partial charge in [-0.05, 0) is 66.6 Å². The fourth-order valence-corrected chi connectivity index (χ4v) is 3.07. The number of rotatable bonds is 10. The van der Waals surface area contributed by atoms with Crippen LogP contribution in [0.15, 0.2) is 65.8 Å². The molecule has 8 heteroatoms. The zero-order valence-electron chi connectivity index (χ0n) is 18.6. The van der Waals surface area contributed by atoms with Gasteiger partial charge in [0.25, 0.3) is 5.91 Å². The Morgan fingerprint density at radius 2 is 1.64 bits per heavy atom. The topological polar surface area (TPSA) is 78.4 Å². The van der Waals surface area contributed by atoms with Crippen LogP contribution in [0.2, 0.25) is 5.02 Å². The minimum Gasteiger partial charge on any atom is -0.493 e. The second-order valence-electron chi connectivity index (χ2n) is 6.82. The zero-order valence-corrected chi connectivity index (χ0v) is 19.4. The molecule has 0 bridgehead atoms. The third-order valence-electron chi connectivity index (χ3n) is 4.60. The number of carbonyl (C=O) groups is 1. The molecule has 0 fully saturated rings. The Morgan fingerprint density at radius 3 is 2.33 bits per heavy atom. The van der Waals surface area contributed by atoms with E-state index in [1.807, 2.05) is 37.3 Å². The highest BCUT2D eigenvalue weighted by Crippen LogP contribution is 2.29. The summed E-state index contributed by atoms with van der Waals surface area (Å²) in [5, 5.41) is 4.72. The quantitative estimate of drug-likeness (QED) is 0.331. The van der Waals surface area contributed by atoms with Gasteiger partial charge in [-0.1, -0.05) is 23.7 Å². The van der Waals surface area contributed by atoms with Gasteiger partial charge < -0.3 is 18.9 Å². The van der Waals surface area contributed by atoms with Crippen molar-refractivity contribution < 1.29 is 23.7 Å². The molecule has 0 spiro atoms. The van der Waals surface area contributed by atoms with Crippen molar-refractivity contribution in [3.63, 3.8) is 0 Å². The molecule has 3 aromatic carbocycles. The minimum absolute atomic E-state index is 0.375. The van der Waals surface area contributed by atoms with Gasteiger partial charge in [-0.15, -0.1) is 0 Å². The van der Waals surface area contributed by atoms with Crippen molar-refractivity contribution in [2.45, 2.75) is 13.5 Å². The van der Waals surface area contributed by atoms with Crippen LogP contribution in [-0.4, -0.2) is 32.9 Å². The highest BCUT2D eigenvalue weighted by atomic mass is 35.5. The van der Waals surface area contributed by atoms with E-state index in [1.54, 1.807) is 30.3 Å². The summed E-state index contributed by atoms with van der Waals surface area (Å²) in [5.74, 6) is 1.82. The van der Waals surface area contributed by atoms with Crippen LogP contribution in [0.1, 0.15) is 28.4 Å². The van der Waals surface area contributed by atoms with E-state index < -0.39 is 0 Å². The van der Waals surface area contributed by atoms with Crippen LogP contribution in [0, 0.1) is 0 Å². The SMILES string of the molecule is CCOc1cc(/C=N\NC(=O)c2ccc(OC)c(OC)c2)ccc1OCc1ccc(Cl)cc1. The number of nitrogens with zero attached hydrogens (tertiary/aromatic N) is 1. The lowest BCUT2D eigenvalue weighted by atomic mass is 10.2. The Morgan fingerprint density at radius 1 is 0.909 bits per heavy atom. The molecule has 0 unspecified atom stereocenters. The zero-order chi connectivity index (χ0) is 23.6. The van der Waals surface area contributed by atoms with Gasteiger partial charge in [0.2, 0.25) is 0 Å². The molecule has 0 heterocycles. The van der Waals surface area contributed by atoms with Crippen LogP contribution < -0.4 is 24.4 Å². The lowest BCUT2D eigenvalue weighted by molar-refractivity contribution is 0.0954. The maximum absolute atomic E-state index is 12.4. The van der Waals surface area contributed by atoms with E-state index in [4.69, 9.17) is 30.5 Å². The Labute approximate surface area is 197 Å². The summed E-state index contributed by atoms with van der Waals surface area (Å²) in [6.45, 7) is 2.76. The molecule has 33 heavy (non-hydrogen) atoms. The molecule has 1 amide bonds. The van der Waals surface area contributed by atoms with Crippen LogP contribution in [0.5, 0.6) is 23.0 Å². The van der Waals surface area contributed by atoms with Crippen molar-refractivity contribution >= 4 is 23.7 Å². The highest BCUT2D eigenvalue weighted by molar-refractivity contribution is 6.30. The van der Waals surface area contributed by atoms with Crippen molar-refractivity contribution in [2.24, 2.45) is 5.10 Å². The standard InChI is InChI=1S/C25H25ClN2O5/c1-4-32-24-13-18(7-11-22(24)33-16-17-5-9-20(26)10-6-17)15-27-28-25(29)19-8-12-21(30-2)23(14-19)31-3/h5-15H,4,16H2,1-3H3,(H,28,29)/b27-15-. The number of ether oxygens (including phenoxy) is 4. The second kappa shape index (κ2) is 11.8. The number of benzene rings is 3. The monoisotopic (exact) mass is 468 g/mol. The van der Waals surface area contributed by atoms with E-state index in [-0.39, 0.29) is 5.91 Å². The second-order valence-corrected chi connectivity index (χ2v) is 7.26. The Hall–Kier alpha value is -3.71. The number of methoxy groups -OCH3 is 2. The predicted octanol–water partition coefficient (Wildman–Crippen LogP) is 5.10. The van der Waals surface area contributed by atoms with Gasteiger partial charge in [-0.3, -0.25) is 4.79 Å². The van der Waals surface area contributed by atoms with Crippen LogP contribution in [-0.2, 0) is 6.61 Å². The smallest absolute Gasteiger partial charge is 0.271 e. The summed E-state index contributed by atoms with van der Waals surface area (Å²) in [7, 11) is 3.04. The van der Waals surface area contributed by atoms with Gasteiger partial charge in [-0.2, -0.15) is 5.10 Å². The molecule has 0 radical (unpaired) electrons. The van der Waals surface area contributed by atoms with Gasteiger partial charge in [-0.25, -0.2) is 5.43 Å². The first-order chi connectivity index (χ1) is 16.0. The third kappa shape index (κ3) is 6.63. The van der Waals surface area contributed by atoms with Gasteiger partial charge in [0.15, 0.2) is 23.0 Å². The van der Waals surface area contributed by atoms with Crippen LogP contribution >= 0.6 is 11.6 Å². The molecule has 3 aromatic rings. The number of amides is 1. The molecule has 0 aliphatic rings. The molecule has 0 aliphatic heterocycles. The first-order valence-corrected chi connectivity index (χ1v) is 10.6. The van der Waals surface area contributed by atoms with Crippen molar-refractivity contribution in [3.05, 3.63) is 82.4 Å². The largest absolute Gasteiger partial charge is 0.493 e. The number of hydrazone groups is 1. The number of halogens is 1. The van der Waals surface area contributed by atoms with Gasteiger partial charge in [0.1, 0.15) is 6.61 Å². The predicted molar refractivity (Wildman–Crippen MR) is 128 cm³/mol. The minimum atomic E-state index is -0.375. The molecule has 172 valence electrons. The number of nitrogens with one attached hydrogen (secondary N) is 1. The van der Waals surface area contributed by atoms with Crippen LogP contribution in [0.3, 0.4) is 0 Å². The lowest BCUT2D eigenvalue weighted by Crippen LogP contribution is -2.17. The van der Waals surface area contributed by atoms with E-state index in [0.29, 0.717) is 46.8 Å². The molecule has 0 aliphatic carbocycles. The van der Waals surface area contributed by atoms with E-state index in [0.717, 1.165) is 11.1 Å². The first kappa shape index (κ1) is 23.9. The van der Waals surface area contributed by atoms with Crippen molar-refractivity contribution in [2.75, 3.05) is 20.8 Å². The molecule has 0 saturated heterocycles. The van der Waals surface area contributed by atoms with Crippen molar-refractivity contribution in [1.82, 2.24) is 5.43 Å². The molecule has 0 aromatic heterocycles. The maximum Gasteiger partial charge on any atom is 0.271 e. The Kier molecular flexibility index (Phi) is 8.55. The normalized spacial score (nSPS) is 10.7. The first-order valence-electron chi connectivity index (χ1n) is 10.2. The number of carbonyl (C=O) groups excluding carboxylic acids is 1. The average molecular weight is 469 g/mol. The lowest BCUT2D eigenvalue weighted by Gasteiger charge is -2.12. The molecule has 1 N–H and O–H groups in total. The van der Waals surface area contributed by atoms with Gasteiger partial charge in [0.05, 0.1) is 27.0 Å². The summed E-state index contributed by atoms with van der Waals surface area (Å²) in [6.07, 6.45) is 1.53. The molecular formula is C25H25ClN2O5. The van der Waals surface area contributed by atoms with Gasteiger partial charge >= 0.3 is 0 Å². The fourth-order valence-electron chi connectivity index (χ4n) is 2.94. The molecular weight excluding hydrogens is 444 g/mol. The summed E-state index contributed by atoms with van der Waals surface area (Å²) < 4.78 is 22.0. The molecule has 3 rings (SSSR count). The van der Waals surface area contributed by atoms with Gasteiger partial charge in [0, 0.05) is 10.6 Å². The van der Waals surface area contributed by atoms with Crippen LogP contribution in [0.4, 0.5) is 0 Å². The third-order valence-corrected chi connectivity index (χ3v) is 4.85. The summed E-state index contributed by atoms with van der Waals surface area (Å²) in [5.41, 5.74) is 4.63. The molecule has 0 atom stereocenters.